The molecule has 0 aliphatic carbocycles. The average Bonchev–Trinajstić information content (AvgIpc) is 2.38. The summed E-state index contributed by atoms with van der Waals surface area (Å²) in [5.74, 6) is -0.345. The summed E-state index contributed by atoms with van der Waals surface area (Å²) in [6, 6.07) is 5.34. The molecule has 0 atom stereocenters. The lowest BCUT2D eigenvalue weighted by Gasteiger charge is -2.10. The Morgan fingerprint density at radius 2 is 2.25 bits per heavy atom. The third kappa shape index (κ3) is 3.24. The van der Waals surface area contributed by atoms with Crippen LogP contribution in [0, 0.1) is 6.92 Å². The van der Waals surface area contributed by atoms with Gasteiger partial charge in [0.2, 0.25) is 5.91 Å². The summed E-state index contributed by atoms with van der Waals surface area (Å²) in [5.41, 5.74) is 7.52. The fourth-order valence-electron chi connectivity index (χ4n) is 1.68. The van der Waals surface area contributed by atoms with Crippen molar-refractivity contribution < 1.29 is 4.79 Å². The van der Waals surface area contributed by atoms with Gasteiger partial charge in [0.25, 0.3) is 5.56 Å². The number of nitrogens with zero attached hydrogens (tertiary/aromatic N) is 2. The van der Waals surface area contributed by atoms with Gasteiger partial charge in [-0.2, -0.15) is 0 Å². The van der Waals surface area contributed by atoms with Gasteiger partial charge >= 0.3 is 0 Å². The summed E-state index contributed by atoms with van der Waals surface area (Å²) in [7, 11) is 0. The van der Waals surface area contributed by atoms with Gasteiger partial charge in [0, 0.05) is 6.20 Å². The van der Waals surface area contributed by atoms with Crippen LogP contribution in [-0.2, 0) is 11.3 Å². The molecule has 6 nitrogen and oxygen atoms in total. The molecule has 104 valence electrons. The fourth-order valence-corrected chi connectivity index (χ4v) is 2.02. The molecule has 0 aliphatic rings. The summed E-state index contributed by atoms with van der Waals surface area (Å²) in [5, 5.41) is 2.67. The summed E-state index contributed by atoms with van der Waals surface area (Å²) < 4.78 is 1.52. The first-order chi connectivity index (χ1) is 9.47. The molecule has 0 unspecified atom stereocenters. The molecule has 20 heavy (non-hydrogen) atoms. The second-order valence-electron chi connectivity index (χ2n) is 4.31. The van der Waals surface area contributed by atoms with E-state index in [1.165, 1.54) is 17.1 Å². The Morgan fingerprint density at radius 1 is 1.50 bits per heavy atom. The number of nitrogens with two attached hydrogens (primary N) is 1. The van der Waals surface area contributed by atoms with Crippen molar-refractivity contribution in [3.8, 4) is 0 Å². The Balaban J connectivity index is 2.13. The number of carbonyl (C=O) groups is 1. The minimum Gasteiger partial charge on any atom is -0.397 e. The molecule has 1 aromatic heterocycles. The van der Waals surface area contributed by atoms with Crippen molar-refractivity contribution in [2.45, 2.75) is 13.5 Å². The number of carbonyl (C=O) groups excluding carboxylic acids is 1. The first-order valence-corrected chi connectivity index (χ1v) is 6.62. The number of rotatable bonds is 3. The summed E-state index contributed by atoms with van der Waals surface area (Å²) in [6.07, 6.45) is 2.69. The highest BCUT2D eigenvalue weighted by Gasteiger charge is 2.08. The van der Waals surface area contributed by atoms with E-state index in [1.807, 2.05) is 13.0 Å². The molecule has 0 radical (unpaired) electrons. The number of amides is 1. The predicted molar refractivity (Wildman–Crippen MR) is 80.4 cm³/mol. The van der Waals surface area contributed by atoms with Gasteiger partial charge < -0.3 is 11.1 Å². The van der Waals surface area contributed by atoms with E-state index in [0.717, 1.165) is 5.56 Å². The summed E-state index contributed by atoms with van der Waals surface area (Å²) >= 11 is 3.07. The second-order valence-corrected chi connectivity index (χ2v) is 5.17. The minimum atomic E-state index is -0.345. The molecule has 2 rings (SSSR count). The van der Waals surface area contributed by atoms with Gasteiger partial charge in [-0.3, -0.25) is 14.2 Å². The number of aromatic nitrogens is 2. The molecule has 0 aliphatic heterocycles. The first kappa shape index (κ1) is 14.3. The van der Waals surface area contributed by atoms with Crippen molar-refractivity contribution in [2.24, 2.45) is 0 Å². The Kier molecular flexibility index (Phi) is 4.19. The van der Waals surface area contributed by atoms with Gasteiger partial charge in [-0.25, -0.2) is 4.98 Å². The van der Waals surface area contributed by atoms with E-state index in [4.69, 9.17) is 5.73 Å². The standard InChI is InChI=1S/C13H13BrN4O2/c1-8-2-3-11(10(15)4-8)17-12(19)6-18-7-16-5-9(14)13(18)20/h2-5,7H,6,15H2,1H3,(H,17,19). The molecule has 0 fully saturated rings. The number of aryl methyl sites for hydroxylation is 1. The van der Waals surface area contributed by atoms with Crippen molar-refractivity contribution in [2.75, 3.05) is 11.1 Å². The number of halogens is 1. The van der Waals surface area contributed by atoms with Crippen LogP contribution in [0.1, 0.15) is 5.56 Å². The lowest BCUT2D eigenvalue weighted by atomic mass is 10.2. The highest BCUT2D eigenvalue weighted by Crippen LogP contribution is 2.19. The quantitative estimate of drug-likeness (QED) is 0.832. The molecule has 0 saturated carbocycles. The molecule has 2 aromatic rings. The van der Waals surface area contributed by atoms with Gasteiger partial charge in [-0.1, -0.05) is 6.07 Å². The molecule has 3 N–H and O–H groups in total. The van der Waals surface area contributed by atoms with E-state index in [9.17, 15) is 9.59 Å². The number of hydrogen-bond donors (Lipinski definition) is 2. The van der Waals surface area contributed by atoms with Gasteiger partial charge in [-0.05, 0) is 40.5 Å². The van der Waals surface area contributed by atoms with Crippen molar-refractivity contribution in [1.29, 1.82) is 0 Å². The SMILES string of the molecule is Cc1ccc(NC(=O)Cn2cncc(Br)c2=O)c(N)c1. The van der Waals surface area contributed by atoms with Crippen molar-refractivity contribution in [3.63, 3.8) is 0 Å². The number of benzene rings is 1. The lowest BCUT2D eigenvalue weighted by molar-refractivity contribution is -0.116. The zero-order valence-electron chi connectivity index (χ0n) is 10.8. The van der Waals surface area contributed by atoms with Crippen molar-refractivity contribution in [3.05, 3.63) is 51.1 Å². The number of nitrogens with one attached hydrogen (secondary N) is 1. The van der Waals surface area contributed by atoms with E-state index in [2.05, 4.69) is 26.2 Å². The molecule has 0 bridgehead atoms. The molecule has 1 heterocycles. The maximum atomic E-state index is 11.9. The van der Waals surface area contributed by atoms with E-state index >= 15 is 0 Å². The topological polar surface area (TPSA) is 90.0 Å². The normalized spacial score (nSPS) is 10.3. The summed E-state index contributed by atoms with van der Waals surface area (Å²) in [4.78, 5) is 27.5. The van der Waals surface area contributed by atoms with Crippen LogP contribution in [-0.4, -0.2) is 15.5 Å². The first-order valence-electron chi connectivity index (χ1n) is 5.83. The second kappa shape index (κ2) is 5.87. The number of nitrogen functional groups attached to an aromatic ring is 1. The largest absolute Gasteiger partial charge is 0.397 e. The van der Waals surface area contributed by atoms with E-state index in [1.54, 1.807) is 12.1 Å². The van der Waals surface area contributed by atoms with Gasteiger partial charge in [0.1, 0.15) is 11.0 Å². The minimum absolute atomic E-state index is 0.126. The molecular weight excluding hydrogens is 324 g/mol. The maximum absolute atomic E-state index is 11.9. The van der Waals surface area contributed by atoms with Crippen LogP contribution in [0.3, 0.4) is 0 Å². The Bertz CT molecular complexity index is 712. The summed E-state index contributed by atoms with van der Waals surface area (Å²) in [6.45, 7) is 1.78. The van der Waals surface area contributed by atoms with Crippen LogP contribution >= 0.6 is 15.9 Å². The van der Waals surface area contributed by atoms with Crippen LogP contribution in [0.15, 0.2) is 40.0 Å². The molecular formula is C13H13BrN4O2. The molecule has 1 amide bonds. The molecule has 7 heteroatoms. The molecule has 0 saturated heterocycles. The fraction of sp³-hybridized carbons (Fsp3) is 0.154. The molecule has 0 spiro atoms. The molecule has 1 aromatic carbocycles. The lowest BCUT2D eigenvalue weighted by Crippen LogP contribution is -2.28. The Labute approximate surface area is 123 Å². The Morgan fingerprint density at radius 3 is 2.95 bits per heavy atom. The third-order valence-electron chi connectivity index (χ3n) is 2.65. The predicted octanol–water partition coefficient (Wildman–Crippen LogP) is 1.54. The zero-order chi connectivity index (χ0) is 14.7. The van der Waals surface area contributed by atoms with Gasteiger partial charge in [-0.15, -0.1) is 0 Å². The van der Waals surface area contributed by atoms with Crippen molar-refractivity contribution >= 4 is 33.2 Å². The third-order valence-corrected chi connectivity index (χ3v) is 3.20. The van der Waals surface area contributed by atoms with E-state index in [-0.39, 0.29) is 18.0 Å². The van der Waals surface area contributed by atoms with Gasteiger partial charge in [0.05, 0.1) is 17.7 Å². The van der Waals surface area contributed by atoms with Crippen LogP contribution in [0.5, 0.6) is 0 Å². The van der Waals surface area contributed by atoms with Crippen LogP contribution in [0.25, 0.3) is 0 Å². The van der Waals surface area contributed by atoms with Crippen LogP contribution in [0.4, 0.5) is 11.4 Å². The Hall–Kier alpha value is -2.15. The monoisotopic (exact) mass is 336 g/mol. The number of hydrogen-bond acceptors (Lipinski definition) is 4. The maximum Gasteiger partial charge on any atom is 0.268 e. The number of anilines is 2. The van der Waals surface area contributed by atoms with Crippen molar-refractivity contribution in [1.82, 2.24) is 9.55 Å². The van der Waals surface area contributed by atoms with Crippen LogP contribution in [0.2, 0.25) is 0 Å². The van der Waals surface area contributed by atoms with Gasteiger partial charge in [0.15, 0.2) is 0 Å². The highest BCUT2D eigenvalue weighted by molar-refractivity contribution is 9.10. The smallest absolute Gasteiger partial charge is 0.268 e. The van der Waals surface area contributed by atoms with Crippen LogP contribution < -0.4 is 16.6 Å². The average molecular weight is 337 g/mol. The zero-order valence-corrected chi connectivity index (χ0v) is 12.3. The van der Waals surface area contributed by atoms with E-state index in [0.29, 0.717) is 15.8 Å². The van der Waals surface area contributed by atoms with E-state index < -0.39 is 0 Å². The highest BCUT2D eigenvalue weighted by atomic mass is 79.9.